The molecule has 1 fully saturated rings. The van der Waals surface area contributed by atoms with Crippen molar-refractivity contribution in [1.29, 1.82) is 0 Å². The summed E-state index contributed by atoms with van der Waals surface area (Å²) in [7, 11) is 0. The number of thioether (sulfide) groups is 1. The summed E-state index contributed by atoms with van der Waals surface area (Å²) in [5.74, 6) is -0.112. The van der Waals surface area contributed by atoms with Crippen molar-refractivity contribution in [3.05, 3.63) is 116 Å². The molecule has 1 N–H and O–H groups in total. The fourth-order valence-electron chi connectivity index (χ4n) is 5.67. The first kappa shape index (κ1) is 31.8. The largest absolute Gasteiger partial charge is 0.445 e. The van der Waals surface area contributed by atoms with Crippen LogP contribution < -0.4 is 11.0 Å². The van der Waals surface area contributed by atoms with Gasteiger partial charge in [0, 0.05) is 22.7 Å². The van der Waals surface area contributed by atoms with Gasteiger partial charge in [0.25, 0.3) is 5.91 Å². The van der Waals surface area contributed by atoms with E-state index in [0.29, 0.717) is 14.8 Å². The summed E-state index contributed by atoms with van der Waals surface area (Å²) in [5, 5.41) is 2.75. The lowest BCUT2D eigenvalue weighted by molar-refractivity contribution is 0.0377. The number of nitrogens with zero attached hydrogens (tertiary/aromatic N) is 3. The van der Waals surface area contributed by atoms with Crippen LogP contribution in [0.5, 0.6) is 0 Å². The van der Waals surface area contributed by atoms with Crippen LogP contribution in [0.1, 0.15) is 66.6 Å². The first-order valence-corrected chi connectivity index (χ1v) is 17.0. The van der Waals surface area contributed by atoms with Gasteiger partial charge < -0.3 is 10.1 Å². The Hall–Kier alpha value is -3.64. The third-order valence-corrected chi connectivity index (χ3v) is 9.37. The zero-order valence-electron chi connectivity index (χ0n) is 24.7. The number of halogens is 1. The third-order valence-electron chi connectivity index (χ3n) is 7.79. The average molecular weight is 723 g/mol. The van der Waals surface area contributed by atoms with Crippen molar-refractivity contribution >= 4 is 52.2 Å². The van der Waals surface area contributed by atoms with E-state index < -0.39 is 5.69 Å². The number of aromatic nitrogens is 2. The highest BCUT2D eigenvalue weighted by atomic mass is 127. The van der Waals surface area contributed by atoms with Gasteiger partial charge >= 0.3 is 11.8 Å². The standard InChI is InChI=1S/C34H35IN4O4S/c1-3-11-25-16-10-17-29(39(25)34(42)43-22-23-12-6-4-7-13-23)27-19-18-26(20-30(27)44-2)38-21-28(35)31(37-33(38)41)36-32(40)24-14-8-5-9-15-24/h4-9,12-15,18-21,25,29H,3,10-11,16-17,22H2,1-2H3,(H,36,37,40,41)/t25-,29+/m1/s1. The van der Waals surface area contributed by atoms with Gasteiger partial charge in [0.2, 0.25) is 0 Å². The first-order valence-electron chi connectivity index (χ1n) is 14.7. The Morgan fingerprint density at radius 3 is 2.48 bits per heavy atom. The minimum absolute atomic E-state index is 0.100. The number of anilines is 1. The van der Waals surface area contributed by atoms with Gasteiger partial charge in [-0.1, -0.05) is 67.9 Å². The van der Waals surface area contributed by atoms with E-state index in [1.54, 1.807) is 42.2 Å². The Balaban J connectivity index is 1.41. The van der Waals surface area contributed by atoms with E-state index in [1.165, 1.54) is 4.57 Å². The number of hydrogen-bond acceptors (Lipinski definition) is 6. The number of ether oxygens (including phenoxy) is 1. The van der Waals surface area contributed by atoms with Crippen LogP contribution in [0.25, 0.3) is 5.69 Å². The van der Waals surface area contributed by atoms with E-state index in [1.807, 2.05) is 65.8 Å². The van der Waals surface area contributed by atoms with Gasteiger partial charge in [-0.05, 0) is 89.9 Å². The van der Waals surface area contributed by atoms with Crippen molar-refractivity contribution in [2.75, 3.05) is 11.6 Å². The topological polar surface area (TPSA) is 93.5 Å². The molecule has 0 radical (unpaired) electrons. The van der Waals surface area contributed by atoms with Crippen LogP contribution in [0.3, 0.4) is 0 Å². The molecule has 0 spiro atoms. The number of nitrogens with one attached hydrogen (secondary N) is 1. The maximum atomic E-state index is 13.6. The minimum Gasteiger partial charge on any atom is -0.445 e. The Kier molecular flexibility index (Phi) is 10.8. The van der Waals surface area contributed by atoms with Gasteiger partial charge in [-0.3, -0.25) is 14.3 Å². The van der Waals surface area contributed by atoms with E-state index in [0.717, 1.165) is 48.1 Å². The number of hydrogen-bond donors (Lipinski definition) is 1. The molecule has 228 valence electrons. The van der Waals surface area contributed by atoms with E-state index in [2.05, 4.69) is 39.8 Å². The summed E-state index contributed by atoms with van der Waals surface area (Å²) < 4.78 is 7.96. The van der Waals surface area contributed by atoms with Crippen molar-refractivity contribution in [2.45, 2.75) is 62.6 Å². The highest BCUT2D eigenvalue weighted by Gasteiger charge is 2.36. The van der Waals surface area contributed by atoms with Crippen molar-refractivity contribution in [1.82, 2.24) is 14.5 Å². The molecule has 10 heteroatoms. The predicted molar refractivity (Wildman–Crippen MR) is 182 cm³/mol. The molecule has 3 aromatic carbocycles. The molecule has 8 nitrogen and oxygen atoms in total. The highest BCUT2D eigenvalue weighted by molar-refractivity contribution is 14.1. The molecular formula is C34H35IN4O4S. The van der Waals surface area contributed by atoms with Crippen LogP contribution in [0.4, 0.5) is 10.6 Å². The van der Waals surface area contributed by atoms with Gasteiger partial charge in [0.05, 0.1) is 15.3 Å². The summed E-state index contributed by atoms with van der Waals surface area (Å²) in [6.07, 6.45) is 8.08. The molecule has 44 heavy (non-hydrogen) atoms. The summed E-state index contributed by atoms with van der Waals surface area (Å²) >= 11 is 3.66. The number of carbonyl (C=O) groups is 2. The van der Waals surface area contributed by atoms with Crippen molar-refractivity contribution < 1.29 is 14.3 Å². The minimum atomic E-state index is -0.500. The number of amides is 2. The van der Waals surface area contributed by atoms with Gasteiger partial charge in [-0.2, -0.15) is 4.98 Å². The quantitative estimate of drug-likeness (QED) is 0.140. The maximum Gasteiger partial charge on any atom is 0.410 e. The van der Waals surface area contributed by atoms with Crippen molar-refractivity contribution in [3.8, 4) is 5.69 Å². The SMILES string of the molecule is CCC[C@@H]1CCC[C@@H](c2ccc(-n3cc(I)c(NC(=O)c4ccccc4)nc3=O)cc2SC)N1C(=O)OCc1ccccc1. The Bertz CT molecular complexity index is 1660. The van der Waals surface area contributed by atoms with Crippen LogP contribution >= 0.6 is 34.4 Å². The monoisotopic (exact) mass is 722 g/mol. The highest BCUT2D eigenvalue weighted by Crippen LogP contribution is 2.40. The molecule has 1 aromatic heterocycles. The third kappa shape index (κ3) is 7.35. The number of carbonyl (C=O) groups excluding carboxylic acids is 2. The Morgan fingerprint density at radius 1 is 1.05 bits per heavy atom. The fraction of sp³-hybridized carbons (Fsp3) is 0.294. The van der Waals surface area contributed by atoms with E-state index in [4.69, 9.17) is 4.74 Å². The Labute approximate surface area is 275 Å². The number of piperidine rings is 1. The molecule has 1 aliphatic heterocycles. The average Bonchev–Trinajstić information content (AvgIpc) is 3.05. The smallest absolute Gasteiger partial charge is 0.410 e. The molecule has 4 aromatic rings. The second-order valence-electron chi connectivity index (χ2n) is 10.7. The van der Waals surface area contributed by atoms with Crippen LogP contribution in [0.15, 0.2) is 94.7 Å². The molecule has 0 bridgehead atoms. The lowest BCUT2D eigenvalue weighted by atomic mass is 9.89. The predicted octanol–water partition coefficient (Wildman–Crippen LogP) is 7.84. The molecule has 0 unspecified atom stereocenters. The fourth-order valence-corrected chi connectivity index (χ4v) is 6.88. The van der Waals surface area contributed by atoms with Crippen LogP contribution in [-0.4, -0.2) is 38.7 Å². The van der Waals surface area contributed by atoms with Crippen molar-refractivity contribution in [2.24, 2.45) is 0 Å². The van der Waals surface area contributed by atoms with Gasteiger partial charge in [-0.15, -0.1) is 11.8 Å². The number of rotatable bonds is 9. The van der Waals surface area contributed by atoms with Gasteiger partial charge in [0.15, 0.2) is 5.82 Å². The molecule has 1 saturated heterocycles. The Morgan fingerprint density at radius 2 is 1.77 bits per heavy atom. The second kappa shape index (κ2) is 14.9. The number of benzene rings is 3. The molecule has 1 aliphatic rings. The van der Waals surface area contributed by atoms with Crippen molar-refractivity contribution in [3.63, 3.8) is 0 Å². The molecule has 5 rings (SSSR count). The molecule has 2 heterocycles. The lowest BCUT2D eigenvalue weighted by Crippen LogP contribution is -2.46. The van der Waals surface area contributed by atoms with Gasteiger partial charge in [-0.25, -0.2) is 9.59 Å². The maximum absolute atomic E-state index is 13.6. The number of likely N-dealkylation sites (tertiary alicyclic amines) is 1. The summed E-state index contributed by atoms with van der Waals surface area (Å²) in [4.78, 5) is 46.6. The normalized spacial score (nSPS) is 16.4. The van der Waals surface area contributed by atoms with E-state index in [9.17, 15) is 14.4 Å². The van der Waals surface area contributed by atoms with Crippen LogP contribution in [0.2, 0.25) is 0 Å². The second-order valence-corrected chi connectivity index (χ2v) is 12.7. The van der Waals surface area contributed by atoms with Crippen LogP contribution in [-0.2, 0) is 11.3 Å². The van der Waals surface area contributed by atoms with E-state index >= 15 is 0 Å². The molecule has 2 atom stereocenters. The summed E-state index contributed by atoms with van der Waals surface area (Å²) in [6, 6.07) is 24.4. The molecular weight excluding hydrogens is 687 g/mol. The molecule has 0 saturated carbocycles. The zero-order valence-corrected chi connectivity index (χ0v) is 27.7. The molecule has 0 aliphatic carbocycles. The summed E-state index contributed by atoms with van der Waals surface area (Å²) in [5.41, 5.74) is 2.64. The summed E-state index contributed by atoms with van der Waals surface area (Å²) in [6.45, 7) is 2.37. The van der Waals surface area contributed by atoms with Crippen LogP contribution in [0, 0.1) is 3.57 Å². The van der Waals surface area contributed by atoms with E-state index in [-0.39, 0.29) is 36.5 Å². The lowest BCUT2D eigenvalue weighted by Gasteiger charge is -2.42. The first-order chi connectivity index (χ1) is 21.4. The zero-order chi connectivity index (χ0) is 31.1. The molecule has 2 amide bonds. The van der Waals surface area contributed by atoms with Gasteiger partial charge in [0.1, 0.15) is 6.61 Å².